The van der Waals surface area contributed by atoms with E-state index >= 15 is 0 Å². The molecular formula is C19H21N3O2. The van der Waals surface area contributed by atoms with Crippen LogP contribution < -0.4 is 9.80 Å². The smallest absolute Gasteiger partial charge is 0.260 e. The molecule has 2 aromatic rings. The van der Waals surface area contributed by atoms with E-state index in [4.69, 9.17) is 4.74 Å². The largest absolute Gasteiger partial charge is 0.378 e. The number of carbonyl (C=O) groups excluding carboxylic acids is 1. The second kappa shape index (κ2) is 6.24. The average Bonchev–Trinajstić information content (AvgIpc) is 2.98. The molecule has 24 heavy (non-hydrogen) atoms. The molecule has 2 aliphatic heterocycles. The van der Waals surface area contributed by atoms with Crippen LogP contribution >= 0.6 is 0 Å². The molecule has 0 aliphatic carbocycles. The van der Waals surface area contributed by atoms with Gasteiger partial charge in [0, 0.05) is 31.0 Å². The van der Waals surface area contributed by atoms with Gasteiger partial charge in [-0.1, -0.05) is 18.2 Å². The summed E-state index contributed by atoms with van der Waals surface area (Å²) in [5.41, 5.74) is 2.89. The molecule has 2 aliphatic rings. The molecule has 5 heteroatoms. The van der Waals surface area contributed by atoms with Gasteiger partial charge >= 0.3 is 0 Å². The minimum Gasteiger partial charge on any atom is -0.378 e. The third-order valence-corrected chi connectivity index (χ3v) is 4.76. The number of amides is 1. The number of morpholine rings is 1. The molecule has 1 saturated heterocycles. The number of carbonyl (C=O) groups is 1. The van der Waals surface area contributed by atoms with Crippen LogP contribution in [0.3, 0.4) is 0 Å². The number of nitrogens with zero attached hydrogens (tertiary/aromatic N) is 3. The van der Waals surface area contributed by atoms with Crippen LogP contribution in [0.15, 0.2) is 42.6 Å². The summed E-state index contributed by atoms with van der Waals surface area (Å²) in [6, 6.07) is 12.1. The van der Waals surface area contributed by atoms with E-state index in [2.05, 4.69) is 22.9 Å². The number of fused-ring (bicyclic) bond motifs is 1. The fourth-order valence-electron chi connectivity index (χ4n) is 3.51. The highest BCUT2D eigenvalue weighted by molar-refractivity contribution is 6.07. The third kappa shape index (κ3) is 2.65. The lowest BCUT2D eigenvalue weighted by atomic mass is 10.1. The lowest BCUT2D eigenvalue weighted by Gasteiger charge is -2.28. The van der Waals surface area contributed by atoms with E-state index in [-0.39, 0.29) is 11.9 Å². The average molecular weight is 323 g/mol. The first kappa shape index (κ1) is 15.1. The van der Waals surface area contributed by atoms with Gasteiger partial charge in [-0.25, -0.2) is 4.98 Å². The first-order valence-corrected chi connectivity index (χ1v) is 8.44. The highest BCUT2D eigenvalue weighted by Gasteiger charge is 2.31. The van der Waals surface area contributed by atoms with Crippen molar-refractivity contribution in [1.29, 1.82) is 0 Å². The monoisotopic (exact) mass is 323 g/mol. The number of pyridine rings is 1. The van der Waals surface area contributed by atoms with Crippen molar-refractivity contribution in [3.05, 3.63) is 53.7 Å². The summed E-state index contributed by atoms with van der Waals surface area (Å²) in [4.78, 5) is 21.5. The first-order valence-electron chi connectivity index (χ1n) is 8.44. The van der Waals surface area contributed by atoms with Crippen molar-refractivity contribution in [2.45, 2.75) is 19.4 Å². The van der Waals surface area contributed by atoms with Gasteiger partial charge in [0.15, 0.2) is 0 Å². The highest BCUT2D eigenvalue weighted by Crippen LogP contribution is 2.33. The van der Waals surface area contributed by atoms with E-state index in [1.807, 2.05) is 35.2 Å². The normalized spacial score (nSPS) is 20.1. The van der Waals surface area contributed by atoms with E-state index in [9.17, 15) is 4.79 Å². The zero-order valence-corrected chi connectivity index (χ0v) is 13.8. The van der Waals surface area contributed by atoms with Gasteiger partial charge in [-0.15, -0.1) is 0 Å². The molecule has 0 radical (unpaired) electrons. The molecule has 1 amide bonds. The number of para-hydroxylation sites is 1. The van der Waals surface area contributed by atoms with Gasteiger partial charge < -0.3 is 14.5 Å². The van der Waals surface area contributed by atoms with Gasteiger partial charge in [0.1, 0.15) is 5.82 Å². The van der Waals surface area contributed by atoms with Gasteiger partial charge in [-0.05, 0) is 37.1 Å². The van der Waals surface area contributed by atoms with Gasteiger partial charge in [-0.2, -0.15) is 0 Å². The fraction of sp³-hybridized carbons (Fsp3) is 0.368. The third-order valence-electron chi connectivity index (χ3n) is 4.76. The number of hydrogen-bond donors (Lipinski definition) is 0. The predicted octanol–water partition coefficient (Wildman–Crippen LogP) is 2.51. The molecular weight excluding hydrogens is 302 g/mol. The number of anilines is 2. The molecule has 0 saturated carbocycles. The number of rotatable bonds is 2. The molecule has 1 aromatic carbocycles. The maximum atomic E-state index is 13.0. The van der Waals surface area contributed by atoms with Crippen LogP contribution in [-0.2, 0) is 11.2 Å². The summed E-state index contributed by atoms with van der Waals surface area (Å²) in [7, 11) is 0. The maximum absolute atomic E-state index is 13.0. The summed E-state index contributed by atoms with van der Waals surface area (Å²) in [5.74, 6) is 0.929. The van der Waals surface area contributed by atoms with Crippen molar-refractivity contribution in [3.63, 3.8) is 0 Å². The molecule has 4 rings (SSSR count). The Hall–Kier alpha value is -2.40. The Balaban J connectivity index is 1.56. The standard InChI is InChI=1S/C19H21N3O2/c1-14-12-15-4-2-3-5-17(15)22(14)19(23)16-6-7-18(20-13-16)21-8-10-24-11-9-21/h2-7,13-14H,8-12H2,1H3/t14-/m0/s1. The molecule has 1 aromatic heterocycles. The van der Waals surface area contributed by atoms with Gasteiger partial charge in [0.05, 0.1) is 18.8 Å². The van der Waals surface area contributed by atoms with Crippen molar-refractivity contribution in [2.75, 3.05) is 36.1 Å². The SMILES string of the molecule is C[C@H]1Cc2ccccc2N1C(=O)c1ccc(N2CCOCC2)nc1. The van der Waals surface area contributed by atoms with Gasteiger partial charge in [0.25, 0.3) is 5.91 Å². The van der Waals surface area contributed by atoms with Crippen LogP contribution in [0, 0.1) is 0 Å². The zero-order chi connectivity index (χ0) is 16.5. The minimum atomic E-state index is 0.0217. The summed E-state index contributed by atoms with van der Waals surface area (Å²) < 4.78 is 5.37. The summed E-state index contributed by atoms with van der Waals surface area (Å²) in [6.07, 6.45) is 2.60. The Kier molecular flexibility index (Phi) is 3.94. The summed E-state index contributed by atoms with van der Waals surface area (Å²) >= 11 is 0. The molecule has 1 fully saturated rings. The van der Waals surface area contributed by atoms with Crippen molar-refractivity contribution < 1.29 is 9.53 Å². The molecule has 3 heterocycles. The second-order valence-corrected chi connectivity index (χ2v) is 6.36. The van der Waals surface area contributed by atoms with Crippen LogP contribution in [0.4, 0.5) is 11.5 Å². The van der Waals surface area contributed by atoms with Crippen molar-refractivity contribution in [1.82, 2.24) is 4.98 Å². The molecule has 1 atom stereocenters. The van der Waals surface area contributed by atoms with Crippen molar-refractivity contribution in [2.24, 2.45) is 0 Å². The predicted molar refractivity (Wildman–Crippen MR) is 93.7 cm³/mol. The van der Waals surface area contributed by atoms with E-state index < -0.39 is 0 Å². The molecule has 5 nitrogen and oxygen atoms in total. The van der Waals surface area contributed by atoms with Gasteiger partial charge in [-0.3, -0.25) is 4.79 Å². The Morgan fingerprint density at radius 1 is 1.17 bits per heavy atom. The Morgan fingerprint density at radius 3 is 2.71 bits per heavy atom. The molecule has 0 unspecified atom stereocenters. The minimum absolute atomic E-state index is 0.0217. The Labute approximate surface area is 141 Å². The lowest BCUT2D eigenvalue weighted by Crippen LogP contribution is -2.37. The number of benzene rings is 1. The van der Waals surface area contributed by atoms with Crippen LogP contribution in [0.2, 0.25) is 0 Å². The lowest BCUT2D eigenvalue weighted by molar-refractivity contribution is 0.0981. The van der Waals surface area contributed by atoms with Crippen LogP contribution in [0.5, 0.6) is 0 Å². The Morgan fingerprint density at radius 2 is 1.96 bits per heavy atom. The van der Waals surface area contributed by atoms with Crippen LogP contribution in [0.1, 0.15) is 22.8 Å². The quantitative estimate of drug-likeness (QED) is 0.852. The van der Waals surface area contributed by atoms with Crippen LogP contribution in [0.25, 0.3) is 0 Å². The van der Waals surface area contributed by atoms with Crippen molar-refractivity contribution in [3.8, 4) is 0 Å². The highest BCUT2D eigenvalue weighted by atomic mass is 16.5. The van der Waals surface area contributed by atoms with E-state index in [0.29, 0.717) is 5.56 Å². The summed E-state index contributed by atoms with van der Waals surface area (Å²) in [5, 5.41) is 0. The topological polar surface area (TPSA) is 45.7 Å². The van der Waals surface area contributed by atoms with Gasteiger partial charge in [0.2, 0.25) is 0 Å². The van der Waals surface area contributed by atoms with E-state index in [0.717, 1.165) is 44.2 Å². The molecule has 124 valence electrons. The van der Waals surface area contributed by atoms with Crippen molar-refractivity contribution >= 4 is 17.4 Å². The molecule has 0 N–H and O–H groups in total. The van der Waals surface area contributed by atoms with E-state index in [1.54, 1.807) is 6.20 Å². The van der Waals surface area contributed by atoms with E-state index in [1.165, 1.54) is 5.56 Å². The first-order chi connectivity index (χ1) is 11.7. The molecule has 0 spiro atoms. The number of ether oxygens (including phenoxy) is 1. The zero-order valence-electron chi connectivity index (χ0n) is 13.8. The second-order valence-electron chi connectivity index (χ2n) is 6.36. The molecule has 0 bridgehead atoms. The summed E-state index contributed by atoms with van der Waals surface area (Å²) in [6.45, 7) is 5.23. The number of aromatic nitrogens is 1. The number of hydrogen-bond acceptors (Lipinski definition) is 4. The fourth-order valence-corrected chi connectivity index (χ4v) is 3.51. The van der Waals surface area contributed by atoms with Crippen LogP contribution in [-0.4, -0.2) is 43.2 Å². The Bertz CT molecular complexity index is 739. The maximum Gasteiger partial charge on any atom is 0.260 e.